The summed E-state index contributed by atoms with van der Waals surface area (Å²) in [6.07, 6.45) is 2.32. The second kappa shape index (κ2) is 2.03. The Hall–Kier alpha value is -1.08. The molecule has 0 spiro atoms. The van der Waals surface area contributed by atoms with Crippen molar-refractivity contribution in [3.63, 3.8) is 0 Å². The minimum absolute atomic E-state index is 0.180. The first-order valence-corrected chi connectivity index (χ1v) is 2.97. The molecule has 0 aromatic carbocycles. The van der Waals surface area contributed by atoms with Crippen LogP contribution in [0.4, 0.5) is 0 Å². The summed E-state index contributed by atoms with van der Waals surface area (Å²) in [6.45, 7) is 0. The number of allylic oxidation sites excluding steroid dienone is 1. The van der Waals surface area contributed by atoms with Gasteiger partial charge in [-0.05, 0) is 12.8 Å². The highest BCUT2D eigenvalue weighted by Crippen LogP contribution is 2.32. The fourth-order valence-corrected chi connectivity index (χ4v) is 0.663. The SMILES string of the molecule is NC(N)=C=C(N)C1CC1. The van der Waals surface area contributed by atoms with Crippen LogP contribution in [0.1, 0.15) is 12.8 Å². The van der Waals surface area contributed by atoms with E-state index in [0.29, 0.717) is 11.6 Å². The molecule has 0 saturated heterocycles. The van der Waals surface area contributed by atoms with Crippen molar-refractivity contribution in [3.8, 4) is 0 Å². The number of rotatable bonds is 1. The third kappa shape index (κ3) is 1.70. The first-order chi connectivity index (χ1) is 4.20. The molecule has 6 N–H and O–H groups in total. The zero-order valence-electron chi connectivity index (χ0n) is 5.22. The summed E-state index contributed by atoms with van der Waals surface area (Å²) < 4.78 is 0. The topological polar surface area (TPSA) is 78.1 Å². The molecule has 1 aliphatic rings. The molecule has 3 nitrogen and oxygen atoms in total. The summed E-state index contributed by atoms with van der Waals surface area (Å²) in [4.78, 5) is 0. The largest absolute Gasteiger partial charge is 0.395 e. The molecule has 0 aromatic heterocycles. The van der Waals surface area contributed by atoms with Crippen molar-refractivity contribution >= 4 is 0 Å². The van der Waals surface area contributed by atoms with E-state index in [2.05, 4.69) is 5.73 Å². The van der Waals surface area contributed by atoms with Crippen molar-refractivity contribution in [2.24, 2.45) is 23.1 Å². The molecule has 0 heterocycles. The molecule has 1 rings (SSSR count). The summed E-state index contributed by atoms with van der Waals surface area (Å²) in [5.74, 6) is 0.687. The summed E-state index contributed by atoms with van der Waals surface area (Å²) >= 11 is 0. The highest BCUT2D eigenvalue weighted by Gasteiger charge is 2.23. The van der Waals surface area contributed by atoms with E-state index in [1.165, 1.54) is 0 Å². The Kier molecular flexibility index (Phi) is 1.37. The van der Waals surface area contributed by atoms with Gasteiger partial charge in [-0.25, -0.2) is 0 Å². The molecule has 0 aromatic rings. The minimum Gasteiger partial charge on any atom is -0.395 e. The van der Waals surface area contributed by atoms with Gasteiger partial charge in [0.25, 0.3) is 0 Å². The maximum Gasteiger partial charge on any atom is 0.140 e. The van der Waals surface area contributed by atoms with Gasteiger partial charge in [-0.3, -0.25) is 0 Å². The quantitative estimate of drug-likeness (QED) is 0.417. The van der Waals surface area contributed by atoms with Gasteiger partial charge < -0.3 is 17.2 Å². The molecule has 1 fully saturated rings. The van der Waals surface area contributed by atoms with Gasteiger partial charge in [0.1, 0.15) is 5.82 Å². The van der Waals surface area contributed by atoms with Gasteiger partial charge in [0.15, 0.2) is 0 Å². The van der Waals surface area contributed by atoms with Crippen LogP contribution in [0.15, 0.2) is 17.2 Å². The Morgan fingerprint density at radius 1 is 1.22 bits per heavy atom. The molecule has 0 aliphatic heterocycles. The standard InChI is InChI=1S/C6H11N3/c7-5(3-6(8)9)4-1-2-4/h4H,1-2,7-9H2. The van der Waals surface area contributed by atoms with Crippen molar-refractivity contribution in [1.82, 2.24) is 0 Å². The highest BCUT2D eigenvalue weighted by atomic mass is 14.8. The van der Waals surface area contributed by atoms with Gasteiger partial charge in [0.05, 0.1) is 5.70 Å². The first kappa shape index (κ1) is 6.05. The lowest BCUT2D eigenvalue weighted by Crippen LogP contribution is -2.08. The monoisotopic (exact) mass is 125 g/mol. The van der Waals surface area contributed by atoms with E-state index in [9.17, 15) is 0 Å². The van der Waals surface area contributed by atoms with Crippen molar-refractivity contribution in [3.05, 3.63) is 17.2 Å². The smallest absolute Gasteiger partial charge is 0.140 e. The Morgan fingerprint density at radius 2 is 1.78 bits per heavy atom. The van der Waals surface area contributed by atoms with Crippen LogP contribution in [0, 0.1) is 5.92 Å². The van der Waals surface area contributed by atoms with E-state index in [1.54, 1.807) is 0 Å². The van der Waals surface area contributed by atoms with Crippen LogP contribution in [0.25, 0.3) is 0 Å². The van der Waals surface area contributed by atoms with Crippen molar-refractivity contribution in [2.75, 3.05) is 0 Å². The molecule has 50 valence electrons. The molecule has 1 aliphatic carbocycles. The summed E-state index contributed by atoms with van der Waals surface area (Å²) in [7, 11) is 0. The molecule has 0 unspecified atom stereocenters. The van der Waals surface area contributed by atoms with E-state index >= 15 is 0 Å². The zero-order valence-corrected chi connectivity index (χ0v) is 5.22. The van der Waals surface area contributed by atoms with Gasteiger partial charge in [-0.15, -0.1) is 0 Å². The lowest BCUT2D eigenvalue weighted by molar-refractivity contribution is 0.979. The Labute approximate surface area is 54.2 Å². The number of nitrogens with two attached hydrogens (primary N) is 3. The third-order valence-electron chi connectivity index (χ3n) is 1.31. The van der Waals surface area contributed by atoms with Crippen molar-refractivity contribution in [2.45, 2.75) is 12.8 Å². The van der Waals surface area contributed by atoms with E-state index in [0.717, 1.165) is 12.8 Å². The molecule has 1 saturated carbocycles. The zero-order chi connectivity index (χ0) is 6.85. The second-order valence-corrected chi connectivity index (χ2v) is 2.31. The summed E-state index contributed by atoms with van der Waals surface area (Å²) in [5.41, 5.74) is 19.2. The molecule has 3 heteroatoms. The maximum atomic E-state index is 5.50. The van der Waals surface area contributed by atoms with Crippen LogP contribution in [0.3, 0.4) is 0 Å². The predicted octanol–water partition coefficient (Wildman–Crippen LogP) is -0.403. The van der Waals surface area contributed by atoms with E-state index in [1.807, 2.05) is 0 Å². The third-order valence-corrected chi connectivity index (χ3v) is 1.31. The highest BCUT2D eigenvalue weighted by molar-refractivity contribution is 5.09. The fraction of sp³-hybridized carbons (Fsp3) is 0.500. The van der Waals surface area contributed by atoms with Crippen LogP contribution in [0.5, 0.6) is 0 Å². The van der Waals surface area contributed by atoms with Crippen LogP contribution in [-0.4, -0.2) is 0 Å². The average Bonchev–Trinajstić information content (AvgIpc) is 2.40. The van der Waals surface area contributed by atoms with E-state index in [4.69, 9.17) is 17.2 Å². The van der Waals surface area contributed by atoms with Crippen LogP contribution < -0.4 is 17.2 Å². The van der Waals surface area contributed by atoms with Crippen LogP contribution in [0.2, 0.25) is 0 Å². The molecule has 9 heavy (non-hydrogen) atoms. The van der Waals surface area contributed by atoms with Gasteiger partial charge >= 0.3 is 0 Å². The van der Waals surface area contributed by atoms with Crippen molar-refractivity contribution < 1.29 is 0 Å². The number of hydrogen-bond acceptors (Lipinski definition) is 3. The van der Waals surface area contributed by atoms with E-state index in [-0.39, 0.29) is 5.82 Å². The minimum atomic E-state index is 0.180. The molecule has 0 radical (unpaired) electrons. The second-order valence-electron chi connectivity index (χ2n) is 2.31. The lowest BCUT2D eigenvalue weighted by atomic mass is 10.3. The molecular weight excluding hydrogens is 114 g/mol. The fourth-order valence-electron chi connectivity index (χ4n) is 0.663. The van der Waals surface area contributed by atoms with E-state index < -0.39 is 0 Å². The van der Waals surface area contributed by atoms with Gasteiger partial charge in [0.2, 0.25) is 0 Å². The van der Waals surface area contributed by atoms with Crippen molar-refractivity contribution in [1.29, 1.82) is 0 Å². The molecule has 0 amide bonds. The molecular formula is C6H11N3. The normalized spacial score (nSPS) is 16.4. The predicted molar refractivity (Wildman–Crippen MR) is 35.8 cm³/mol. The summed E-state index contributed by atoms with van der Waals surface area (Å²) in [6, 6.07) is 0. The molecule has 0 atom stereocenters. The maximum absolute atomic E-state index is 5.50. The summed E-state index contributed by atoms with van der Waals surface area (Å²) in [5, 5.41) is 0. The lowest BCUT2D eigenvalue weighted by Gasteiger charge is -1.89. The first-order valence-electron chi connectivity index (χ1n) is 2.97. The van der Waals surface area contributed by atoms with Gasteiger partial charge in [0, 0.05) is 5.92 Å². The average molecular weight is 125 g/mol. The molecule has 0 bridgehead atoms. The van der Waals surface area contributed by atoms with Crippen LogP contribution in [-0.2, 0) is 0 Å². The Morgan fingerprint density at radius 3 is 2.11 bits per heavy atom. The van der Waals surface area contributed by atoms with Crippen LogP contribution >= 0.6 is 0 Å². The Bertz CT molecular complexity index is 169. The number of hydrogen-bond donors (Lipinski definition) is 3. The van der Waals surface area contributed by atoms with Gasteiger partial charge in [-0.1, -0.05) is 5.73 Å². The van der Waals surface area contributed by atoms with Gasteiger partial charge in [-0.2, -0.15) is 0 Å². The Balaban J connectivity index is 2.68.